The van der Waals surface area contributed by atoms with Gasteiger partial charge in [0.1, 0.15) is 6.54 Å². The summed E-state index contributed by atoms with van der Waals surface area (Å²) in [6.45, 7) is 1.15. The van der Waals surface area contributed by atoms with Crippen LogP contribution in [0, 0.1) is 0 Å². The Morgan fingerprint density at radius 2 is 1.82 bits per heavy atom. The highest BCUT2D eigenvalue weighted by atomic mass is 19.4. The van der Waals surface area contributed by atoms with E-state index in [1.165, 1.54) is 0 Å². The Balaban J connectivity index is 1.92. The zero-order chi connectivity index (χ0) is 16.0. The molecule has 0 aromatic heterocycles. The Morgan fingerprint density at radius 3 is 2.41 bits per heavy atom. The lowest BCUT2D eigenvalue weighted by Crippen LogP contribution is -3.14. The second kappa shape index (κ2) is 7.49. The summed E-state index contributed by atoms with van der Waals surface area (Å²) in [5.74, 6) is 0. The molecule has 1 atom stereocenters. The molecule has 4 nitrogen and oxygen atoms in total. The molecule has 1 aliphatic heterocycles. The van der Waals surface area contributed by atoms with Crippen LogP contribution in [0.4, 0.5) is 23.7 Å². The van der Waals surface area contributed by atoms with Crippen LogP contribution in [0.3, 0.4) is 0 Å². The van der Waals surface area contributed by atoms with Gasteiger partial charge in [-0.3, -0.25) is 5.32 Å². The van der Waals surface area contributed by atoms with E-state index in [1.807, 2.05) is 0 Å². The Kier molecular flexibility index (Phi) is 5.65. The van der Waals surface area contributed by atoms with Gasteiger partial charge in [0.05, 0.1) is 13.1 Å². The van der Waals surface area contributed by atoms with E-state index < -0.39 is 18.4 Å². The number of para-hydroxylation sites is 1. The van der Waals surface area contributed by atoms with Crippen LogP contribution in [-0.4, -0.2) is 38.0 Å². The first-order valence-corrected chi connectivity index (χ1v) is 7.38. The molecule has 122 valence electrons. The van der Waals surface area contributed by atoms with E-state index in [0.29, 0.717) is 18.8 Å². The minimum absolute atomic E-state index is 0.230. The Labute approximate surface area is 127 Å². The third-order valence-electron chi connectivity index (χ3n) is 3.67. The lowest BCUT2D eigenvalue weighted by molar-refractivity contribution is -0.909. The fourth-order valence-electron chi connectivity index (χ4n) is 2.54. The normalized spacial score (nSPS) is 17.8. The number of carbonyl (C=O) groups is 1. The molecule has 1 fully saturated rings. The number of rotatable bonds is 4. The van der Waals surface area contributed by atoms with Gasteiger partial charge in [-0.15, -0.1) is 0 Å². The Hall–Kier alpha value is -1.76. The summed E-state index contributed by atoms with van der Waals surface area (Å²) in [6.07, 6.45) is -4.84. The second-order valence-corrected chi connectivity index (χ2v) is 5.44. The number of hydrogen-bond donors (Lipinski definition) is 2. The molecule has 1 aromatic rings. The number of amides is 1. The maximum atomic E-state index is 13.1. The molecule has 1 aromatic carbocycles. The number of quaternary nitrogens is 1. The minimum atomic E-state index is -4.56. The number of anilines is 1. The molecule has 1 aliphatic rings. The van der Waals surface area contributed by atoms with E-state index >= 15 is 0 Å². The predicted molar refractivity (Wildman–Crippen MR) is 75.8 cm³/mol. The van der Waals surface area contributed by atoms with Gasteiger partial charge in [0.2, 0.25) is 6.10 Å². The molecule has 0 radical (unpaired) electrons. The number of carbonyl (C=O) groups excluding carboxylic acids is 1. The highest BCUT2D eigenvalue weighted by Gasteiger charge is 2.45. The lowest BCUT2D eigenvalue weighted by atomic mass is 10.1. The van der Waals surface area contributed by atoms with Crippen LogP contribution in [0.2, 0.25) is 0 Å². The van der Waals surface area contributed by atoms with Crippen LogP contribution in [0.25, 0.3) is 0 Å². The van der Waals surface area contributed by atoms with Crippen LogP contribution in [0.5, 0.6) is 0 Å². The molecule has 22 heavy (non-hydrogen) atoms. The van der Waals surface area contributed by atoms with E-state index in [2.05, 4.69) is 10.1 Å². The van der Waals surface area contributed by atoms with Crippen molar-refractivity contribution in [3.05, 3.63) is 30.3 Å². The van der Waals surface area contributed by atoms with Crippen LogP contribution >= 0.6 is 0 Å². The van der Waals surface area contributed by atoms with Gasteiger partial charge >= 0.3 is 12.3 Å². The quantitative estimate of drug-likeness (QED) is 0.894. The number of nitrogens with one attached hydrogen (secondary N) is 2. The van der Waals surface area contributed by atoms with Crippen molar-refractivity contribution < 1.29 is 27.6 Å². The van der Waals surface area contributed by atoms with E-state index in [-0.39, 0.29) is 6.54 Å². The third-order valence-corrected chi connectivity index (χ3v) is 3.67. The summed E-state index contributed by atoms with van der Waals surface area (Å²) in [6, 6.07) is 8.26. The molecule has 0 spiro atoms. The summed E-state index contributed by atoms with van der Waals surface area (Å²) in [5.41, 5.74) is 0.402. The zero-order valence-corrected chi connectivity index (χ0v) is 12.2. The lowest BCUT2D eigenvalue weighted by Gasteiger charge is -2.28. The monoisotopic (exact) mass is 317 g/mol. The molecule has 1 amide bonds. The molecule has 2 rings (SSSR count). The maximum absolute atomic E-state index is 13.1. The number of hydrogen-bond acceptors (Lipinski definition) is 2. The largest absolute Gasteiger partial charge is 0.431 e. The van der Waals surface area contributed by atoms with Gasteiger partial charge in [-0.1, -0.05) is 18.2 Å². The topological polar surface area (TPSA) is 42.8 Å². The molecule has 7 heteroatoms. The van der Waals surface area contributed by atoms with Gasteiger partial charge in [-0.25, -0.2) is 4.79 Å². The van der Waals surface area contributed by atoms with Crippen molar-refractivity contribution in [3.8, 4) is 0 Å². The van der Waals surface area contributed by atoms with Gasteiger partial charge in [0, 0.05) is 5.69 Å². The van der Waals surface area contributed by atoms with Gasteiger partial charge in [0.15, 0.2) is 0 Å². The average Bonchev–Trinajstić information content (AvgIpc) is 2.48. The third kappa shape index (κ3) is 5.22. The molecular weight excluding hydrogens is 297 g/mol. The molecule has 0 saturated carbocycles. The van der Waals surface area contributed by atoms with Crippen molar-refractivity contribution in [2.24, 2.45) is 0 Å². The predicted octanol–water partition coefficient (Wildman–Crippen LogP) is 2.23. The number of alkyl halides is 3. The highest BCUT2D eigenvalue weighted by Crippen LogP contribution is 2.22. The number of piperidine rings is 1. The van der Waals surface area contributed by atoms with Gasteiger partial charge in [-0.2, -0.15) is 13.2 Å². The van der Waals surface area contributed by atoms with E-state index in [9.17, 15) is 18.0 Å². The fourth-order valence-corrected chi connectivity index (χ4v) is 2.54. The van der Waals surface area contributed by atoms with Crippen molar-refractivity contribution in [3.63, 3.8) is 0 Å². The summed E-state index contributed by atoms with van der Waals surface area (Å²) in [7, 11) is 0. The van der Waals surface area contributed by atoms with Gasteiger partial charge in [0.25, 0.3) is 0 Å². The van der Waals surface area contributed by atoms with Crippen molar-refractivity contribution >= 4 is 11.8 Å². The first-order valence-electron chi connectivity index (χ1n) is 7.38. The number of benzene rings is 1. The van der Waals surface area contributed by atoms with Crippen LogP contribution in [0.15, 0.2) is 30.3 Å². The van der Waals surface area contributed by atoms with Gasteiger partial charge in [-0.05, 0) is 31.4 Å². The summed E-state index contributed by atoms with van der Waals surface area (Å²) in [5, 5.41) is 2.31. The summed E-state index contributed by atoms with van der Waals surface area (Å²) < 4.78 is 43.8. The SMILES string of the molecule is O=C(Nc1ccccc1)O[C@@H](C[NH+]1CCCCC1)C(F)(F)F. The van der Waals surface area contributed by atoms with Crippen molar-refractivity contribution in [2.45, 2.75) is 31.5 Å². The molecule has 2 N–H and O–H groups in total. The number of ether oxygens (including phenoxy) is 1. The van der Waals surface area contributed by atoms with E-state index in [0.717, 1.165) is 24.2 Å². The molecule has 0 aliphatic carbocycles. The van der Waals surface area contributed by atoms with Crippen LogP contribution in [0.1, 0.15) is 19.3 Å². The van der Waals surface area contributed by atoms with Crippen LogP contribution < -0.4 is 10.2 Å². The molecule has 1 heterocycles. The van der Waals surface area contributed by atoms with Crippen LogP contribution in [-0.2, 0) is 4.74 Å². The highest BCUT2D eigenvalue weighted by molar-refractivity contribution is 5.84. The van der Waals surface area contributed by atoms with Crippen molar-refractivity contribution in [1.29, 1.82) is 0 Å². The first kappa shape index (κ1) is 16.6. The fraction of sp³-hybridized carbons (Fsp3) is 0.533. The minimum Gasteiger partial charge on any atom is -0.430 e. The Bertz CT molecular complexity index is 473. The first-order chi connectivity index (χ1) is 10.4. The average molecular weight is 317 g/mol. The van der Waals surface area contributed by atoms with Crippen molar-refractivity contribution in [1.82, 2.24) is 0 Å². The van der Waals surface area contributed by atoms with Crippen molar-refractivity contribution in [2.75, 3.05) is 25.0 Å². The standard InChI is InChI=1S/C15H19F3N2O2/c16-15(17,18)13(11-20-9-5-2-6-10-20)22-14(21)19-12-7-3-1-4-8-12/h1,3-4,7-8,13H,2,5-6,9-11H2,(H,19,21)/p+1/t13-/m0/s1. The summed E-state index contributed by atoms with van der Waals surface area (Å²) in [4.78, 5) is 12.5. The maximum Gasteiger partial charge on any atom is 0.431 e. The molecular formula is C15H20F3N2O2+. The number of likely N-dealkylation sites (tertiary alicyclic amines) is 1. The molecule has 1 saturated heterocycles. The smallest absolute Gasteiger partial charge is 0.430 e. The van der Waals surface area contributed by atoms with E-state index in [4.69, 9.17) is 0 Å². The van der Waals surface area contributed by atoms with Gasteiger partial charge < -0.3 is 9.64 Å². The molecule has 0 bridgehead atoms. The van der Waals surface area contributed by atoms with E-state index in [1.54, 1.807) is 30.3 Å². The zero-order valence-electron chi connectivity index (χ0n) is 12.2. The molecule has 0 unspecified atom stereocenters. The summed E-state index contributed by atoms with van der Waals surface area (Å²) >= 11 is 0. The second-order valence-electron chi connectivity index (χ2n) is 5.44. The Morgan fingerprint density at radius 1 is 1.18 bits per heavy atom. The number of halogens is 3.